The second kappa shape index (κ2) is 6.39. The van der Waals surface area contributed by atoms with Gasteiger partial charge in [0.15, 0.2) is 0 Å². The number of benzene rings is 1. The van der Waals surface area contributed by atoms with E-state index in [1.165, 1.54) is 36.8 Å². The summed E-state index contributed by atoms with van der Waals surface area (Å²) in [7, 11) is 0. The van der Waals surface area contributed by atoms with Crippen LogP contribution in [0.5, 0.6) is 5.75 Å². The molecule has 21 heavy (non-hydrogen) atoms. The second-order valence-electron chi connectivity index (χ2n) is 6.89. The van der Waals surface area contributed by atoms with Crippen LogP contribution in [0.1, 0.15) is 56.7 Å². The highest BCUT2D eigenvalue weighted by molar-refractivity contribution is 5.40. The van der Waals surface area contributed by atoms with Crippen molar-refractivity contribution < 1.29 is 4.74 Å². The molecule has 0 saturated heterocycles. The number of hydrogen-bond acceptors (Lipinski definition) is 2. The number of aryl methyl sites for hydroxylation is 1. The SMILES string of the molecule is CCCNC(c1cc(C)ccc1OCC)C1CC2CC2C1. The summed E-state index contributed by atoms with van der Waals surface area (Å²) in [6, 6.07) is 7.13. The van der Waals surface area contributed by atoms with Crippen LogP contribution in [-0.2, 0) is 0 Å². The molecule has 0 bridgehead atoms. The second-order valence-corrected chi connectivity index (χ2v) is 6.89. The van der Waals surface area contributed by atoms with E-state index in [1.807, 2.05) is 0 Å². The van der Waals surface area contributed by atoms with Crippen molar-refractivity contribution >= 4 is 0 Å². The molecule has 1 aromatic rings. The molecule has 3 rings (SSSR count). The van der Waals surface area contributed by atoms with Gasteiger partial charge in [0.25, 0.3) is 0 Å². The van der Waals surface area contributed by atoms with Gasteiger partial charge in [-0.05, 0) is 69.9 Å². The summed E-state index contributed by atoms with van der Waals surface area (Å²) >= 11 is 0. The molecule has 0 amide bonds. The minimum Gasteiger partial charge on any atom is -0.494 e. The van der Waals surface area contributed by atoms with Gasteiger partial charge < -0.3 is 10.1 Å². The van der Waals surface area contributed by atoms with Crippen LogP contribution in [0.2, 0.25) is 0 Å². The van der Waals surface area contributed by atoms with Gasteiger partial charge >= 0.3 is 0 Å². The van der Waals surface area contributed by atoms with Gasteiger partial charge in [0.1, 0.15) is 5.75 Å². The molecule has 0 radical (unpaired) electrons. The smallest absolute Gasteiger partial charge is 0.124 e. The van der Waals surface area contributed by atoms with Gasteiger partial charge in [-0.3, -0.25) is 0 Å². The summed E-state index contributed by atoms with van der Waals surface area (Å²) in [5.74, 6) is 3.93. The molecule has 0 heterocycles. The van der Waals surface area contributed by atoms with E-state index in [9.17, 15) is 0 Å². The lowest BCUT2D eigenvalue weighted by molar-refractivity contribution is 0.305. The van der Waals surface area contributed by atoms with Gasteiger partial charge in [-0.1, -0.05) is 24.6 Å². The molecule has 3 atom stereocenters. The molecule has 0 aliphatic heterocycles. The topological polar surface area (TPSA) is 21.3 Å². The highest BCUT2D eigenvalue weighted by atomic mass is 16.5. The first-order valence-electron chi connectivity index (χ1n) is 8.69. The zero-order chi connectivity index (χ0) is 14.8. The summed E-state index contributed by atoms with van der Waals surface area (Å²) in [4.78, 5) is 0. The third-order valence-corrected chi connectivity index (χ3v) is 5.17. The zero-order valence-electron chi connectivity index (χ0n) is 13.7. The molecule has 3 unspecified atom stereocenters. The van der Waals surface area contributed by atoms with E-state index in [4.69, 9.17) is 4.74 Å². The Hall–Kier alpha value is -1.02. The average molecular weight is 287 g/mol. The van der Waals surface area contributed by atoms with Gasteiger partial charge in [-0.15, -0.1) is 0 Å². The fourth-order valence-corrected chi connectivity index (χ4v) is 4.06. The van der Waals surface area contributed by atoms with Gasteiger partial charge in [0.05, 0.1) is 6.61 Å². The van der Waals surface area contributed by atoms with E-state index in [-0.39, 0.29) is 0 Å². The first kappa shape index (κ1) is 14.9. The Morgan fingerprint density at radius 2 is 1.95 bits per heavy atom. The molecule has 2 nitrogen and oxygen atoms in total. The number of nitrogens with one attached hydrogen (secondary N) is 1. The normalized spacial score (nSPS) is 28.2. The van der Waals surface area contributed by atoms with Crippen molar-refractivity contribution in [1.82, 2.24) is 5.32 Å². The summed E-state index contributed by atoms with van der Waals surface area (Å²) < 4.78 is 5.91. The van der Waals surface area contributed by atoms with Crippen molar-refractivity contribution in [2.45, 2.75) is 52.5 Å². The van der Waals surface area contributed by atoms with Crippen LogP contribution in [0.4, 0.5) is 0 Å². The van der Waals surface area contributed by atoms with E-state index in [0.29, 0.717) is 6.04 Å². The fraction of sp³-hybridized carbons (Fsp3) is 0.684. The average Bonchev–Trinajstić information content (AvgIpc) is 3.09. The number of ether oxygens (including phenoxy) is 1. The maximum atomic E-state index is 5.91. The quantitative estimate of drug-likeness (QED) is 0.798. The summed E-state index contributed by atoms with van der Waals surface area (Å²) in [5, 5.41) is 3.81. The molecular formula is C19H29NO. The Morgan fingerprint density at radius 3 is 2.62 bits per heavy atom. The lowest BCUT2D eigenvalue weighted by Gasteiger charge is -2.28. The molecule has 0 aromatic heterocycles. The number of hydrogen-bond donors (Lipinski definition) is 1. The Balaban J connectivity index is 1.85. The van der Waals surface area contributed by atoms with Gasteiger partial charge in [-0.25, -0.2) is 0 Å². The lowest BCUT2D eigenvalue weighted by Crippen LogP contribution is -2.29. The van der Waals surface area contributed by atoms with Crippen LogP contribution in [-0.4, -0.2) is 13.2 Å². The standard InChI is InChI=1S/C19H29NO/c1-4-8-20-19(16-11-14-10-15(14)12-16)17-9-13(3)6-7-18(17)21-5-2/h6-7,9,14-16,19-20H,4-5,8,10-12H2,1-3H3. The van der Waals surface area contributed by atoms with Crippen molar-refractivity contribution in [3.8, 4) is 5.75 Å². The molecule has 1 N–H and O–H groups in total. The number of rotatable bonds is 7. The van der Waals surface area contributed by atoms with Gasteiger partial charge in [0, 0.05) is 11.6 Å². The predicted molar refractivity (Wildman–Crippen MR) is 87.7 cm³/mol. The minimum atomic E-state index is 0.471. The van der Waals surface area contributed by atoms with E-state index < -0.39 is 0 Å². The van der Waals surface area contributed by atoms with Crippen molar-refractivity contribution in [2.75, 3.05) is 13.2 Å². The minimum absolute atomic E-state index is 0.471. The van der Waals surface area contributed by atoms with Gasteiger partial charge in [-0.2, -0.15) is 0 Å². The van der Waals surface area contributed by atoms with Crippen LogP contribution >= 0.6 is 0 Å². The van der Waals surface area contributed by atoms with Crippen LogP contribution in [0, 0.1) is 24.7 Å². The largest absolute Gasteiger partial charge is 0.494 e. The highest BCUT2D eigenvalue weighted by Gasteiger charge is 2.48. The molecule has 2 saturated carbocycles. The predicted octanol–water partition coefficient (Wildman–Crippen LogP) is 4.48. The van der Waals surface area contributed by atoms with Crippen LogP contribution in [0.3, 0.4) is 0 Å². The maximum Gasteiger partial charge on any atom is 0.124 e. The number of fused-ring (bicyclic) bond motifs is 1. The fourth-order valence-electron chi connectivity index (χ4n) is 4.06. The monoisotopic (exact) mass is 287 g/mol. The van der Waals surface area contributed by atoms with E-state index in [1.54, 1.807) is 0 Å². The molecule has 1 aromatic carbocycles. The summed E-state index contributed by atoms with van der Waals surface area (Å²) in [6.07, 6.45) is 5.49. The van der Waals surface area contributed by atoms with Crippen molar-refractivity contribution in [1.29, 1.82) is 0 Å². The highest BCUT2D eigenvalue weighted by Crippen LogP contribution is 2.57. The Morgan fingerprint density at radius 1 is 1.19 bits per heavy atom. The zero-order valence-corrected chi connectivity index (χ0v) is 13.7. The van der Waals surface area contributed by atoms with Gasteiger partial charge in [0.2, 0.25) is 0 Å². The molecule has 2 fully saturated rings. The molecule has 2 heteroatoms. The molecular weight excluding hydrogens is 258 g/mol. The van der Waals surface area contributed by atoms with E-state index >= 15 is 0 Å². The van der Waals surface area contributed by atoms with E-state index in [0.717, 1.165) is 36.7 Å². The molecule has 2 aliphatic carbocycles. The molecule has 0 spiro atoms. The summed E-state index contributed by atoms with van der Waals surface area (Å²) in [6.45, 7) is 8.34. The maximum absolute atomic E-state index is 5.91. The molecule has 116 valence electrons. The Bertz CT molecular complexity index is 474. The van der Waals surface area contributed by atoms with Crippen molar-refractivity contribution in [3.63, 3.8) is 0 Å². The lowest BCUT2D eigenvalue weighted by atomic mass is 9.88. The first-order chi connectivity index (χ1) is 10.2. The van der Waals surface area contributed by atoms with Crippen molar-refractivity contribution in [2.24, 2.45) is 17.8 Å². The summed E-state index contributed by atoms with van der Waals surface area (Å²) in [5.41, 5.74) is 2.72. The van der Waals surface area contributed by atoms with Crippen LogP contribution < -0.4 is 10.1 Å². The first-order valence-corrected chi connectivity index (χ1v) is 8.69. The Labute approximate surface area is 129 Å². The Kier molecular flexibility index (Phi) is 4.54. The van der Waals surface area contributed by atoms with Crippen LogP contribution in [0.25, 0.3) is 0 Å². The molecule has 2 aliphatic rings. The van der Waals surface area contributed by atoms with Crippen LogP contribution in [0.15, 0.2) is 18.2 Å². The van der Waals surface area contributed by atoms with Crippen molar-refractivity contribution in [3.05, 3.63) is 29.3 Å². The third-order valence-electron chi connectivity index (χ3n) is 5.17. The van der Waals surface area contributed by atoms with E-state index in [2.05, 4.69) is 44.3 Å². The third kappa shape index (κ3) is 3.26.